The van der Waals surface area contributed by atoms with Crippen molar-refractivity contribution in [3.63, 3.8) is 0 Å². The van der Waals surface area contributed by atoms with Gasteiger partial charge in [0.15, 0.2) is 23.3 Å². The van der Waals surface area contributed by atoms with Gasteiger partial charge in [-0.15, -0.1) is 0 Å². The van der Waals surface area contributed by atoms with Gasteiger partial charge in [0.1, 0.15) is 0 Å². The maximum Gasteiger partial charge on any atom is 0.501 e. The average Bonchev–Trinajstić information content (AvgIpc) is 2.64. The molecule has 11 heteroatoms. The van der Waals surface area contributed by atoms with E-state index in [0.29, 0.717) is 12.5 Å². The first kappa shape index (κ1) is 27.5. The zero-order valence-electron chi connectivity index (χ0n) is 18.6. The molecule has 0 aliphatic carbocycles. The Kier molecular flexibility index (Phi) is 10.5. The van der Waals surface area contributed by atoms with Crippen LogP contribution >= 0.6 is 0 Å². The Labute approximate surface area is 180 Å². The normalized spacial score (nSPS) is 12.3. The number of hydrogen-bond acceptors (Lipinski definition) is 4. The number of nitrogens with zero attached hydrogens (tertiary/aromatic N) is 1. The summed E-state index contributed by atoms with van der Waals surface area (Å²) in [6.45, 7) is 10.6. The van der Waals surface area contributed by atoms with Crippen LogP contribution in [0.25, 0.3) is 0 Å². The molecule has 0 radical (unpaired) electrons. The third-order valence-electron chi connectivity index (χ3n) is 3.89. The molecule has 0 bridgehead atoms. The molecule has 0 fully saturated rings. The molecular formula is C20H30F5NO4Si. The average molecular weight is 472 g/mol. The Bertz CT molecular complexity index is 722. The van der Waals surface area contributed by atoms with Gasteiger partial charge in [-0.3, -0.25) is 4.79 Å². The summed E-state index contributed by atoms with van der Waals surface area (Å²) in [4.78, 5) is 12.0. The fraction of sp³-hybridized carbons (Fsp3) is 0.650. The summed E-state index contributed by atoms with van der Waals surface area (Å²) in [5.74, 6) is -9.57. The van der Waals surface area contributed by atoms with E-state index in [4.69, 9.17) is 13.3 Å². The summed E-state index contributed by atoms with van der Waals surface area (Å²) < 4.78 is 85.5. The minimum absolute atomic E-state index is 0.120. The molecule has 0 saturated heterocycles. The highest BCUT2D eigenvalue weighted by molar-refractivity contribution is 6.60. The van der Waals surface area contributed by atoms with Crippen molar-refractivity contribution < 1.29 is 40.1 Å². The van der Waals surface area contributed by atoms with Crippen molar-refractivity contribution in [1.82, 2.24) is 5.12 Å². The molecule has 0 aliphatic rings. The number of rotatable bonds is 12. The maximum absolute atomic E-state index is 14.2. The zero-order valence-corrected chi connectivity index (χ0v) is 19.6. The van der Waals surface area contributed by atoms with Crippen molar-refractivity contribution in [3.8, 4) is 0 Å². The van der Waals surface area contributed by atoms with Gasteiger partial charge in [0.25, 0.3) is 5.91 Å². The Morgan fingerprint density at radius 1 is 0.871 bits per heavy atom. The maximum atomic E-state index is 14.2. The van der Waals surface area contributed by atoms with Crippen LogP contribution < -0.4 is 0 Å². The minimum atomic E-state index is -3.10. The minimum Gasteiger partial charge on any atom is -0.371 e. The number of halogens is 5. The zero-order chi connectivity index (χ0) is 23.9. The first-order valence-electron chi connectivity index (χ1n) is 10.1. The van der Waals surface area contributed by atoms with E-state index in [2.05, 4.69) is 0 Å². The molecule has 0 saturated carbocycles. The number of amides is 1. The number of benzene rings is 1. The Balaban J connectivity index is 2.80. The van der Waals surface area contributed by atoms with E-state index in [1.54, 1.807) is 0 Å². The van der Waals surface area contributed by atoms with Gasteiger partial charge in [0.05, 0.1) is 12.1 Å². The van der Waals surface area contributed by atoms with Crippen LogP contribution in [0.4, 0.5) is 22.0 Å². The van der Waals surface area contributed by atoms with Crippen LogP contribution in [-0.2, 0) is 13.3 Å². The smallest absolute Gasteiger partial charge is 0.371 e. The summed E-state index contributed by atoms with van der Waals surface area (Å²) in [6.07, 6.45) is -0.0467. The monoisotopic (exact) mass is 471 g/mol. The van der Waals surface area contributed by atoms with Crippen molar-refractivity contribution in [1.29, 1.82) is 0 Å². The van der Waals surface area contributed by atoms with Gasteiger partial charge in [-0.2, -0.15) is 5.12 Å². The third kappa shape index (κ3) is 8.13. The lowest BCUT2D eigenvalue weighted by Gasteiger charge is -2.34. The molecule has 0 aromatic heterocycles. The number of hydrogen-bond donors (Lipinski definition) is 0. The molecule has 1 rings (SSSR count). The van der Waals surface area contributed by atoms with Crippen LogP contribution in [0, 0.1) is 23.3 Å². The molecule has 1 aromatic rings. The van der Waals surface area contributed by atoms with Crippen molar-refractivity contribution in [3.05, 3.63) is 34.9 Å². The molecule has 0 N–H and O–H groups in total. The van der Waals surface area contributed by atoms with Gasteiger partial charge in [0.2, 0.25) is 0 Å². The van der Waals surface area contributed by atoms with E-state index >= 15 is 0 Å². The van der Waals surface area contributed by atoms with Crippen LogP contribution in [0.2, 0.25) is 6.04 Å². The molecule has 1 aromatic carbocycles. The van der Waals surface area contributed by atoms with Crippen LogP contribution in [0.5, 0.6) is 0 Å². The summed E-state index contributed by atoms with van der Waals surface area (Å²) in [5.41, 5.74) is -1.22. The fourth-order valence-electron chi connectivity index (χ4n) is 2.89. The lowest BCUT2D eigenvalue weighted by Crippen LogP contribution is -2.50. The van der Waals surface area contributed by atoms with Crippen molar-refractivity contribution in [2.24, 2.45) is 0 Å². The second-order valence-electron chi connectivity index (χ2n) is 7.88. The summed E-state index contributed by atoms with van der Waals surface area (Å²) in [7, 11) is -3.10. The SMILES string of the molecule is CC(C)O[Si](CCCCN(F)C(=O)c1cc(F)c(F)c(F)c1F)(OC(C)C)OC(C)C. The summed E-state index contributed by atoms with van der Waals surface area (Å²) >= 11 is 0. The summed E-state index contributed by atoms with van der Waals surface area (Å²) in [6, 6.07) is 0.474. The molecule has 31 heavy (non-hydrogen) atoms. The second-order valence-corrected chi connectivity index (χ2v) is 10.5. The van der Waals surface area contributed by atoms with Crippen molar-refractivity contribution in [2.75, 3.05) is 6.54 Å². The van der Waals surface area contributed by atoms with E-state index in [1.807, 2.05) is 41.5 Å². The van der Waals surface area contributed by atoms with E-state index in [-0.39, 0.29) is 35.9 Å². The van der Waals surface area contributed by atoms with E-state index in [9.17, 15) is 26.8 Å². The number of carbonyl (C=O) groups excluding carboxylic acids is 1. The molecule has 0 aliphatic heterocycles. The van der Waals surface area contributed by atoms with Crippen LogP contribution in [0.15, 0.2) is 6.07 Å². The first-order chi connectivity index (χ1) is 14.3. The lowest BCUT2D eigenvalue weighted by atomic mass is 10.1. The second kappa shape index (κ2) is 11.9. The topological polar surface area (TPSA) is 48.0 Å². The van der Waals surface area contributed by atoms with Crippen LogP contribution in [-0.4, -0.2) is 44.7 Å². The molecule has 0 spiro atoms. The third-order valence-corrected chi connectivity index (χ3v) is 7.34. The molecule has 178 valence electrons. The van der Waals surface area contributed by atoms with Gasteiger partial charge in [-0.1, -0.05) is 4.48 Å². The van der Waals surface area contributed by atoms with Gasteiger partial charge < -0.3 is 13.3 Å². The van der Waals surface area contributed by atoms with Crippen LogP contribution in [0.1, 0.15) is 64.7 Å². The Morgan fingerprint density at radius 3 is 1.81 bits per heavy atom. The fourth-order valence-corrected chi connectivity index (χ4v) is 6.25. The van der Waals surface area contributed by atoms with E-state index in [1.165, 1.54) is 0 Å². The molecule has 5 nitrogen and oxygen atoms in total. The lowest BCUT2D eigenvalue weighted by molar-refractivity contribution is 0.00172. The highest BCUT2D eigenvalue weighted by Gasteiger charge is 2.43. The predicted molar refractivity (Wildman–Crippen MR) is 107 cm³/mol. The highest BCUT2D eigenvalue weighted by atomic mass is 28.4. The molecular weight excluding hydrogens is 441 g/mol. The highest BCUT2D eigenvalue weighted by Crippen LogP contribution is 2.25. The molecule has 0 atom stereocenters. The van der Waals surface area contributed by atoms with Crippen molar-refractivity contribution in [2.45, 2.75) is 78.7 Å². The molecule has 1 amide bonds. The van der Waals surface area contributed by atoms with E-state index < -0.39 is 50.1 Å². The Hall–Kier alpha value is -1.56. The van der Waals surface area contributed by atoms with Gasteiger partial charge in [-0.05, 0) is 60.5 Å². The molecule has 0 heterocycles. The van der Waals surface area contributed by atoms with Crippen LogP contribution in [0.3, 0.4) is 0 Å². The first-order valence-corrected chi connectivity index (χ1v) is 12.1. The Morgan fingerprint density at radius 2 is 1.35 bits per heavy atom. The number of unbranched alkanes of at least 4 members (excludes halogenated alkanes) is 1. The number of carbonyl (C=O) groups is 1. The van der Waals surface area contributed by atoms with Crippen molar-refractivity contribution >= 4 is 14.7 Å². The molecule has 0 unspecified atom stereocenters. The quantitative estimate of drug-likeness (QED) is 0.1000. The van der Waals surface area contributed by atoms with E-state index in [0.717, 1.165) is 0 Å². The van der Waals surface area contributed by atoms with Gasteiger partial charge >= 0.3 is 8.80 Å². The largest absolute Gasteiger partial charge is 0.501 e. The van der Waals surface area contributed by atoms with Gasteiger partial charge in [0, 0.05) is 24.4 Å². The predicted octanol–water partition coefficient (Wildman–Crippen LogP) is 5.56. The van der Waals surface area contributed by atoms with Gasteiger partial charge in [-0.25, -0.2) is 17.6 Å². The standard InChI is InChI=1S/C20H30F5NO4Si/c1-12(2)28-31(29-13(3)4,30-14(5)6)10-8-7-9-26(25)20(27)15-11-16(21)18(23)19(24)17(15)22/h11-14H,7-10H2,1-6H3. The summed E-state index contributed by atoms with van der Waals surface area (Å²) in [5, 5.41) is -0.367.